The number of hydrogen-bond acceptors (Lipinski definition) is 3. The average Bonchev–Trinajstić information content (AvgIpc) is 2.36. The SMILES string of the molecule is CCc1ccc(CC(CC(=O)O)NCCO)cc1. The lowest BCUT2D eigenvalue weighted by Crippen LogP contribution is -2.35. The monoisotopic (exact) mass is 251 g/mol. The van der Waals surface area contributed by atoms with Crippen molar-refractivity contribution in [3.8, 4) is 0 Å². The van der Waals surface area contributed by atoms with Crippen molar-refractivity contribution in [3.05, 3.63) is 35.4 Å². The Balaban J connectivity index is 2.59. The van der Waals surface area contributed by atoms with E-state index in [1.54, 1.807) is 0 Å². The molecular formula is C14H21NO3. The highest BCUT2D eigenvalue weighted by atomic mass is 16.4. The molecule has 0 aliphatic carbocycles. The molecule has 0 aliphatic heterocycles. The van der Waals surface area contributed by atoms with Crippen LogP contribution < -0.4 is 5.32 Å². The molecule has 1 atom stereocenters. The molecule has 0 amide bonds. The first-order chi connectivity index (χ1) is 8.65. The van der Waals surface area contributed by atoms with Crippen LogP contribution in [0.15, 0.2) is 24.3 Å². The van der Waals surface area contributed by atoms with Gasteiger partial charge in [0.25, 0.3) is 0 Å². The van der Waals surface area contributed by atoms with Crippen LogP contribution in [0.5, 0.6) is 0 Å². The van der Waals surface area contributed by atoms with Gasteiger partial charge >= 0.3 is 5.97 Å². The molecule has 1 aromatic rings. The van der Waals surface area contributed by atoms with Gasteiger partial charge in [0.2, 0.25) is 0 Å². The van der Waals surface area contributed by atoms with Crippen LogP contribution >= 0.6 is 0 Å². The van der Waals surface area contributed by atoms with E-state index in [2.05, 4.69) is 24.4 Å². The Morgan fingerprint density at radius 3 is 2.39 bits per heavy atom. The molecule has 1 unspecified atom stereocenters. The largest absolute Gasteiger partial charge is 0.481 e. The Kier molecular flexibility index (Phi) is 6.39. The van der Waals surface area contributed by atoms with Crippen molar-refractivity contribution in [2.75, 3.05) is 13.2 Å². The van der Waals surface area contributed by atoms with Crippen molar-refractivity contribution in [1.29, 1.82) is 0 Å². The summed E-state index contributed by atoms with van der Waals surface area (Å²) in [4.78, 5) is 10.8. The maximum atomic E-state index is 10.8. The Morgan fingerprint density at radius 1 is 1.28 bits per heavy atom. The maximum Gasteiger partial charge on any atom is 0.304 e. The minimum absolute atomic E-state index is 0.0187. The number of benzene rings is 1. The molecule has 0 fully saturated rings. The lowest BCUT2D eigenvalue weighted by Gasteiger charge is -2.16. The molecule has 0 bridgehead atoms. The normalized spacial score (nSPS) is 12.3. The number of rotatable bonds is 8. The molecule has 4 heteroatoms. The van der Waals surface area contributed by atoms with E-state index in [9.17, 15) is 4.79 Å². The minimum Gasteiger partial charge on any atom is -0.481 e. The summed E-state index contributed by atoms with van der Waals surface area (Å²) in [6.45, 7) is 2.54. The van der Waals surface area contributed by atoms with Crippen LogP contribution in [0.2, 0.25) is 0 Å². The highest BCUT2D eigenvalue weighted by molar-refractivity contribution is 5.67. The minimum atomic E-state index is -0.824. The van der Waals surface area contributed by atoms with E-state index < -0.39 is 5.97 Å². The van der Waals surface area contributed by atoms with Crippen LogP contribution in [0.4, 0.5) is 0 Å². The molecular weight excluding hydrogens is 230 g/mol. The smallest absolute Gasteiger partial charge is 0.304 e. The second kappa shape index (κ2) is 7.84. The van der Waals surface area contributed by atoms with Gasteiger partial charge in [0.15, 0.2) is 0 Å². The van der Waals surface area contributed by atoms with Gasteiger partial charge in [-0.1, -0.05) is 31.2 Å². The van der Waals surface area contributed by atoms with Gasteiger partial charge in [0.1, 0.15) is 0 Å². The molecule has 0 radical (unpaired) electrons. The Morgan fingerprint density at radius 2 is 1.89 bits per heavy atom. The quantitative estimate of drug-likeness (QED) is 0.649. The summed E-state index contributed by atoms with van der Waals surface area (Å²) < 4.78 is 0. The van der Waals surface area contributed by atoms with Crippen molar-refractivity contribution in [2.45, 2.75) is 32.2 Å². The van der Waals surface area contributed by atoms with E-state index >= 15 is 0 Å². The first kappa shape index (κ1) is 14.7. The van der Waals surface area contributed by atoms with E-state index in [1.165, 1.54) is 5.56 Å². The number of carboxylic acid groups (broad SMARTS) is 1. The molecule has 4 nitrogen and oxygen atoms in total. The Hall–Kier alpha value is -1.39. The van der Waals surface area contributed by atoms with E-state index in [-0.39, 0.29) is 19.1 Å². The third-order valence-corrected chi connectivity index (χ3v) is 2.88. The predicted molar refractivity (Wildman–Crippen MR) is 70.7 cm³/mol. The van der Waals surface area contributed by atoms with Crippen molar-refractivity contribution in [1.82, 2.24) is 5.32 Å². The number of aryl methyl sites for hydroxylation is 1. The molecule has 3 N–H and O–H groups in total. The molecule has 0 aromatic heterocycles. The third kappa shape index (κ3) is 5.29. The summed E-state index contributed by atoms with van der Waals surface area (Å²) in [5.74, 6) is -0.824. The molecule has 0 spiro atoms. The number of aliphatic hydroxyl groups excluding tert-OH is 1. The maximum absolute atomic E-state index is 10.8. The summed E-state index contributed by atoms with van der Waals surface area (Å²) in [5.41, 5.74) is 2.39. The van der Waals surface area contributed by atoms with Crippen LogP contribution in [-0.2, 0) is 17.6 Å². The zero-order valence-corrected chi connectivity index (χ0v) is 10.7. The fourth-order valence-electron chi connectivity index (χ4n) is 1.89. The Bertz CT molecular complexity index is 362. The number of carbonyl (C=O) groups is 1. The summed E-state index contributed by atoms with van der Waals surface area (Å²) in [6.07, 6.45) is 1.73. The number of aliphatic carboxylic acids is 1. The van der Waals surface area contributed by atoms with Gasteiger partial charge in [-0.2, -0.15) is 0 Å². The third-order valence-electron chi connectivity index (χ3n) is 2.88. The molecule has 0 heterocycles. The number of nitrogens with one attached hydrogen (secondary N) is 1. The fourth-order valence-corrected chi connectivity index (χ4v) is 1.89. The summed E-state index contributed by atoms with van der Waals surface area (Å²) in [6, 6.07) is 8.07. The van der Waals surface area contributed by atoms with Crippen LogP contribution in [0.25, 0.3) is 0 Å². The predicted octanol–water partition coefficient (Wildman–Crippen LogP) is 1.22. The van der Waals surface area contributed by atoms with E-state index in [4.69, 9.17) is 10.2 Å². The summed E-state index contributed by atoms with van der Waals surface area (Å²) in [7, 11) is 0. The number of carboxylic acids is 1. The van der Waals surface area contributed by atoms with Crippen molar-refractivity contribution < 1.29 is 15.0 Å². The van der Waals surface area contributed by atoms with Crippen LogP contribution in [0, 0.1) is 0 Å². The van der Waals surface area contributed by atoms with Gasteiger partial charge in [0.05, 0.1) is 13.0 Å². The van der Waals surface area contributed by atoms with Gasteiger partial charge in [-0.15, -0.1) is 0 Å². The van der Waals surface area contributed by atoms with Gasteiger partial charge in [-0.25, -0.2) is 0 Å². The summed E-state index contributed by atoms with van der Waals surface area (Å²) >= 11 is 0. The van der Waals surface area contributed by atoms with Crippen molar-refractivity contribution >= 4 is 5.97 Å². The highest BCUT2D eigenvalue weighted by Crippen LogP contribution is 2.09. The molecule has 100 valence electrons. The van der Waals surface area contributed by atoms with Crippen molar-refractivity contribution in [3.63, 3.8) is 0 Å². The van der Waals surface area contributed by atoms with Crippen LogP contribution in [-0.4, -0.2) is 35.4 Å². The zero-order valence-electron chi connectivity index (χ0n) is 10.7. The first-order valence-electron chi connectivity index (χ1n) is 6.29. The lowest BCUT2D eigenvalue weighted by atomic mass is 10.0. The molecule has 1 rings (SSSR count). The molecule has 18 heavy (non-hydrogen) atoms. The van der Waals surface area contributed by atoms with E-state index in [0.717, 1.165) is 12.0 Å². The standard InChI is InChI=1S/C14H21NO3/c1-2-11-3-5-12(6-4-11)9-13(10-14(17)18)15-7-8-16/h3-6,13,15-16H,2,7-10H2,1H3,(H,17,18). The van der Waals surface area contributed by atoms with Crippen molar-refractivity contribution in [2.24, 2.45) is 0 Å². The fraction of sp³-hybridized carbons (Fsp3) is 0.500. The second-order valence-corrected chi connectivity index (χ2v) is 4.35. The first-order valence-corrected chi connectivity index (χ1v) is 6.29. The van der Waals surface area contributed by atoms with Gasteiger partial charge in [0, 0.05) is 12.6 Å². The molecule has 1 aromatic carbocycles. The molecule has 0 saturated heterocycles. The lowest BCUT2D eigenvalue weighted by molar-refractivity contribution is -0.137. The molecule has 0 aliphatic rings. The topological polar surface area (TPSA) is 69.6 Å². The van der Waals surface area contributed by atoms with E-state index in [0.29, 0.717) is 13.0 Å². The van der Waals surface area contributed by atoms with E-state index in [1.807, 2.05) is 12.1 Å². The number of aliphatic hydroxyl groups is 1. The zero-order chi connectivity index (χ0) is 13.4. The Labute approximate surface area is 108 Å². The van der Waals surface area contributed by atoms with Gasteiger partial charge < -0.3 is 15.5 Å². The second-order valence-electron chi connectivity index (χ2n) is 4.35. The molecule has 0 saturated carbocycles. The van der Waals surface area contributed by atoms with Gasteiger partial charge in [-0.3, -0.25) is 4.79 Å². The highest BCUT2D eigenvalue weighted by Gasteiger charge is 2.13. The summed E-state index contributed by atoms with van der Waals surface area (Å²) in [5, 5.41) is 20.7. The number of hydrogen-bond donors (Lipinski definition) is 3. The van der Waals surface area contributed by atoms with Crippen LogP contribution in [0.1, 0.15) is 24.5 Å². The van der Waals surface area contributed by atoms with Crippen LogP contribution in [0.3, 0.4) is 0 Å². The average molecular weight is 251 g/mol. The van der Waals surface area contributed by atoms with Gasteiger partial charge in [-0.05, 0) is 24.0 Å².